The summed E-state index contributed by atoms with van der Waals surface area (Å²) in [6.07, 6.45) is 2.10. The molecule has 0 aliphatic carbocycles. The Hall–Kier alpha value is -2.92. The topological polar surface area (TPSA) is 93.2 Å². The zero-order chi connectivity index (χ0) is 24.6. The molecule has 0 saturated carbocycles. The lowest BCUT2D eigenvalue weighted by atomic mass is 10.2. The van der Waals surface area contributed by atoms with Crippen molar-refractivity contribution in [3.63, 3.8) is 0 Å². The third-order valence-corrected chi connectivity index (χ3v) is 7.79. The third kappa shape index (κ3) is 4.41. The third-order valence-electron chi connectivity index (χ3n) is 4.79. The van der Waals surface area contributed by atoms with E-state index in [4.69, 9.17) is 32.7 Å². The molecule has 0 unspecified atom stereocenters. The summed E-state index contributed by atoms with van der Waals surface area (Å²) in [7, 11) is 5.35. The molecule has 2 heterocycles. The first-order valence-electron chi connectivity index (χ1n) is 9.47. The zero-order valence-electron chi connectivity index (χ0n) is 17.5. The molecule has 0 N–H and O–H groups in total. The van der Waals surface area contributed by atoms with Crippen LogP contribution in [0.5, 0.6) is 11.5 Å². The summed E-state index contributed by atoms with van der Waals surface area (Å²) >= 11 is 11.7. The van der Waals surface area contributed by atoms with Crippen molar-refractivity contribution < 1.29 is 28.7 Å². The van der Waals surface area contributed by atoms with Crippen LogP contribution in [-0.4, -0.2) is 37.8 Å². The molecule has 174 valence electrons. The molecule has 34 heavy (non-hydrogen) atoms. The molecule has 12 heteroatoms. The fourth-order valence-electron chi connectivity index (χ4n) is 3.17. The van der Waals surface area contributed by atoms with E-state index >= 15 is 0 Å². The first-order valence-corrected chi connectivity index (χ1v) is 12.4. The number of amides is 4. The van der Waals surface area contributed by atoms with Gasteiger partial charge in [0, 0.05) is 34.1 Å². The van der Waals surface area contributed by atoms with Gasteiger partial charge in [-0.2, -0.15) is 0 Å². The molecule has 0 radical (unpaired) electrons. The van der Waals surface area contributed by atoms with Crippen LogP contribution in [0.25, 0.3) is 0 Å². The van der Waals surface area contributed by atoms with Gasteiger partial charge in [-0.1, -0.05) is 44.8 Å². The molecule has 4 amide bonds. The van der Waals surface area contributed by atoms with Crippen LogP contribution in [0.15, 0.2) is 68.4 Å². The second-order valence-electron chi connectivity index (χ2n) is 6.78. The molecule has 0 fully saturated rings. The highest BCUT2D eigenvalue weighted by atomic mass is 35.5. The van der Waals surface area contributed by atoms with Gasteiger partial charge in [-0.25, -0.2) is 9.80 Å². The second-order valence-corrected chi connectivity index (χ2v) is 9.80. The van der Waals surface area contributed by atoms with Crippen LogP contribution in [0.2, 0.25) is 0 Å². The van der Waals surface area contributed by atoms with E-state index in [-0.39, 0.29) is 21.4 Å². The van der Waals surface area contributed by atoms with Gasteiger partial charge in [0.05, 0.1) is 25.6 Å². The molecular formula is C22H14Cl2N2O6S2. The summed E-state index contributed by atoms with van der Waals surface area (Å²) in [5, 5.41) is -0.381. The van der Waals surface area contributed by atoms with Crippen LogP contribution in [0, 0.1) is 0 Å². The molecule has 0 bridgehead atoms. The number of hydrogen-bond donors (Lipinski definition) is 0. The Morgan fingerprint density at radius 3 is 1.35 bits per heavy atom. The normalized spacial score (nSPS) is 15.8. The molecule has 2 aromatic rings. The van der Waals surface area contributed by atoms with Crippen LogP contribution < -0.4 is 19.3 Å². The SMILES string of the molecule is COc1ccc(SSc2ccc(OC)cc2N2C(=O)C=C(Cl)C2=O)c(N2C(=O)C=C(Cl)C2=O)c1. The van der Waals surface area contributed by atoms with Gasteiger partial charge in [0.25, 0.3) is 23.6 Å². The van der Waals surface area contributed by atoms with Gasteiger partial charge in [0.15, 0.2) is 0 Å². The number of ether oxygens (including phenoxy) is 2. The van der Waals surface area contributed by atoms with Crippen molar-refractivity contribution in [1.29, 1.82) is 0 Å². The first-order chi connectivity index (χ1) is 16.2. The standard InChI is InChI=1S/C22H14Cl2N2O6S2/c1-31-11-3-5-17(15(7-11)25-19(27)9-13(23)21(25)29)33-34-18-6-4-12(32-2)8-16(18)26-20(28)10-14(24)22(26)30/h3-10H,1-2H3. The molecule has 8 nitrogen and oxygen atoms in total. The Morgan fingerprint density at radius 1 is 0.676 bits per heavy atom. The van der Waals surface area contributed by atoms with Crippen LogP contribution in [0.4, 0.5) is 11.4 Å². The summed E-state index contributed by atoms with van der Waals surface area (Å²) in [5.74, 6) is -1.57. The number of benzene rings is 2. The Labute approximate surface area is 211 Å². The van der Waals surface area contributed by atoms with Crippen LogP contribution in [0.1, 0.15) is 0 Å². The Balaban J connectivity index is 1.69. The van der Waals surface area contributed by atoms with Gasteiger partial charge in [-0.3, -0.25) is 19.2 Å². The average Bonchev–Trinajstić information content (AvgIpc) is 3.23. The van der Waals surface area contributed by atoms with Crippen molar-refractivity contribution in [3.05, 3.63) is 58.6 Å². The van der Waals surface area contributed by atoms with Crippen LogP contribution in [-0.2, 0) is 19.2 Å². The highest BCUT2D eigenvalue weighted by molar-refractivity contribution is 8.76. The van der Waals surface area contributed by atoms with Crippen LogP contribution >= 0.6 is 44.8 Å². The first kappa shape index (κ1) is 24.2. The maximum Gasteiger partial charge on any atom is 0.277 e. The lowest BCUT2D eigenvalue weighted by Gasteiger charge is -2.20. The van der Waals surface area contributed by atoms with Crippen molar-refractivity contribution in [1.82, 2.24) is 0 Å². The average molecular weight is 537 g/mol. The number of imide groups is 2. The highest BCUT2D eigenvalue weighted by Crippen LogP contribution is 2.48. The van der Waals surface area contributed by atoms with Gasteiger partial charge in [-0.05, 0) is 24.3 Å². The molecule has 2 aliphatic rings. The van der Waals surface area contributed by atoms with Gasteiger partial charge >= 0.3 is 0 Å². The molecule has 2 aliphatic heterocycles. The van der Waals surface area contributed by atoms with Gasteiger partial charge < -0.3 is 9.47 Å². The van der Waals surface area contributed by atoms with Gasteiger partial charge in [-0.15, -0.1) is 0 Å². The van der Waals surface area contributed by atoms with Gasteiger partial charge in [0.1, 0.15) is 21.6 Å². The molecule has 0 spiro atoms. The number of rotatable bonds is 7. The minimum Gasteiger partial charge on any atom is -0.497 e. The summed E-state index contributed by atoms with van der Waals surface area (Å²) in [5.41, 5.74) is 0.568. The summed E-state index contributed by atoms with van der Waals surface area (Å²) < 4.78 is 10.5. The van der Waals surface area contributed by atoms with Crippen molar-refractivity contribution in [2.45, 2.75) is 9.79 Å². The Kier molecular flexibility index (Phi) is 6.94. The molecule has 2 aromatic carbocycles. The predicted molar refractivity (Wildman–Crippen MR) is 131 cm³/mol. The fraction of sp³-hybridized carbons (Fsp3) is 0.0909. The minimum absolute atomic E-state index is 0.190. The summed E-state index contributed by atoms with van der Waals surface area (Å²) in [6, 6.07) is 9.83. The number of methoxy groups -OCH3 is 2. The summed E-state index contributed by atoms with van der Waals surface area (Å²) in [6.45, 7) is 0. The number of hydrogen-bond acceptors (Lipinski definition) is 8. The lowest BCUT2D eigenvalue weighted by molar-refractivity contribution is -0.121. The number of carbonyl (C=O) groups is 4. The van der Waals surface area contributed by atoms with Crippen molar-refractivity contribution >= 4 is 79.8 Å². The van der Waals surface area contributed by atoms with E-state index in [9.17, 15) is 19.2 Å². The Bertz CT molecular complexity index is 1210. The lowest BCUT2D eigenvalue weighted by Crippen LogP contribution is -2.31. The van der Waals surface area contributed by atoms with Crippen LogP contribution in [0.3, 0.4) is 0 Å². The molecule has 0 saturated heterocycles. The molecule has 0 atom stereocenters. The quantitative estimate of drug-likeness (QED) is 0.377. The Morgan fingerprint density at radius 2 is 1.06 bits per heavy atom. The smallest absolute Gasteiger partial charge is 0.277 e. The molecule has 0 aromatic heterocycles. The number of carbonyl (C=O) groups excluding carboxylic acids is 4. The number of halogens is 2. The van der Waals surface area contributed by atoms with E-state index < -0.39 is 23.6 Å². The van der Waals surface area contributed by atoms with E-state index in [0.717, 1.165) is 22.0 Å². The largest absolute Gasteiger partial charge is 0.497 e. The fourth-order valence-corrected chi connectivity index (χ4v) is 5.81. The van der Waals surface area contributed by atoms with E-state index in [0.29, 0.717) is 21.3 Å². The van der Waals surface area contributed by atoms with E-state index in [1.54, 1.807) is 36.4 Å². The van der Waals surface area contributed by atoms with E-state index in [2.05, 4.69) is 0 Å². The van der Waals surface area contributed by atoms with Crippen molar-refractivity contribution in [3.8, 4) is 11.5 Å². The van der Waals surface area contributed by atoms with Gasteiger partial charge in [0.2, 0.25) is 0 Å². The maximum absolute atomic E-state index is 12.5. The second kappa shape index (κ2) is 9.75. The molecular weight excluding hydrogens is 523 g/mol. The van der Waals surface area contributed by atoms with E-state index in [1.165, 1.54) is 35.8 Å². The monoisotopic (exact) mass is 536 g/mol. The van der Waals surface area contributed by atoms with E-state index in [1.807, 2.05) is 0 Å². The summed E-state index contributed by atoms with van der Waals surface area (Å²) in [4.78, 5) is 52.8. The van der Waals surface area contributed by atoms with Crippen molar-refractivity contribution in [2.24, 2.45) is 0 Å². The predicted octanol–water partition coefficient (Wildman–Crippen LogP) is 4.50. The highest BCUT2D eigenvalue weighted by Gasteiger charge is 2.35. The number of nitrogens with zero attached hydrogens (tertiary/aromatic N) is 2. The molecule has 4 rings (SSSR count). The maximum atomic E-state index is 12.5. The number of anilines is 2. The zero-order valence-corrected chi connectivity index (χ0v) is 20.7. The van der Waals surface area contributed by atoms with Crippen molar-refractivity contribution in [2.75, 3.05) is 24.0 Å². The minimum atomic E-state index is -0.647.